The highest BCUT2D eigenvalue weighted by molar-refractivity contribution is 5.15. The molecule has 0 aliphatic rings. The SMILES string of the molecule is CCC(C)(C)c1cn(Cc2ccccc2)nn1. The summed E-state index contributed by atoms with van der Waals surface area (Å²) in [5.74, 6) is 0. The van der Waals surface area contributed by atoms with Crippen molar-refractivity contribution in [3.8, 4) is 0 Å². The lowest BCUT2D eigenvalue weighted by Crippen LogP contribution is -2.15. The van der Waals surface area contributed by atoms with Gasteiger partial charge in [-0.2, -0.15) is 0 Å². The van der Waals surface area contributed by atoms with Crippen LogP contribution >= 0.6 is 0 Å². The predicted octanol–water partition coefficient (Wildman–Crippen LogP) is 3.01. The van der Waals surface area contributed by atoms with Gasteiger partial charge in [-0.1, -0.05) is 56.3 Å². The van der Waals surface area contributed by atoms with E-state index in [0.717, 1.165) is 18.7 Å². The molecular weight excluding hydrogens is 210 g/mol. The first-order chi connectivity index (χ1) is 8.12. The van der Waals surface area contributed by atoms with Gasteiger partial charge in [0.15, 0.2) is 0 Å². The van der Waals surface area contributed by atoms with Crippen LogP contribution in [0.3, 0.4) is 0 Å². The Labute approximate surface area is 102 Å². The van der Waals surface area contributed by atoms with Gasteiger partial charge >= 0.3 is 0 Å². The maximum Gasteiger partial charge on any atom is 0.0883 e. The summed E-state index contributed by atoms with van der Waals surface area (Å²) in [6.07, 6.45) is 3.12. The number of aromatic nitrogens is 3. The molecule has 0 saturated carbocycles. The van der Waals surface area contributed by atoms with Crippen molar-refractivity contribution in [1.29, 1.82) is 0 Å². The molecule has 0 amide bonds. The highest BCUT2D eigenvalue weighted by Crippen LogP contribution is 2.24. The molecule has 0 saturated heterocycles. The molecule has 0 spiro atoms. The topological polar surface area (TPSA) is 30.7 Å². The predicted molar refractivity (Wildman–Crippen MR) is 68.9 cm³/mol. The third-order valence-electron chi connectivity index (χ3n) is 3.30. The average molecular weight is 229 g/mol. The van der Waals surface area contributed by atoms with Crippen molar-refractivity contribution < 1.29 is 0 Å². The molecule has 90 valence electrons. The van der Waals surface area contributed by atoms with E-state index >= 15 is 0 Å². The zero-order valence-electron chi connectivity index (χ0n) is 10.7. The maximum atomic E-state index is 4.27. The molecular formula is C14H19N3. The van der Waals surface area contributed by atoms with E-state index < -0.39 is 0 Å². The normalized spacial score (nSPS) is 11.7. The molecule has 0 aliphatic carbocycles. The van der Waals surface area contributed by atoms with Crippen LogP contribution in [0.4, 0.5) is 0 Å². The summed E-state index contributed by atoms with van der Waals surface area (Å²) < 4.78 is 1.90. The summed E-state index contributed by atoms with van der Waals surface area (Å²) >= 11 is 0. The fourth-order valence-electron chi connectivity index (χ4n) is 1.64. The molecule has 1 aromatic carbocycles. The second-order valence-corrected chi connectivity index (χ2v) is 5.02. The van der Waals surface area contributed by atoms with E-state index in [0.29, 0.717) is 0 Å². The van der Waals surface area contributed by atoms with Crippen LogP contribution in [0.1, 0.15) is 38.4 Å². The van der Waals surface area contributed by atoms with Crippen LogP contribution in [0, 0.1) is 0 Å². The van der Waals surface area contributed by atoms with E-state index in [2.05, 4.69) is 49.4 Å². The fraction of sp³-hybridized carbons (Fsp3) is 0.429. The molecule has 0 radical (unpaired) electrons. The van der Waals surface area contributed by atoms with E-state index in [-0.39, 0.29) is 5.41 Å². The lowest BCUT2D eigenvalue weighted by Gasteiger charge is -2.18. The monoisotopic (exact) mass is 229 g/mol. The summed E-state index contributed by atoms with van der Waals surface area (Å²) in [7, 11) is 0. The standard InChI is InChI=1S/C14H19N3/c1-4-14(2,3)13-11-17(16-15-13)10-12-8-6-5-7-9-12/h5-9,11H,4,10H2,1-3H3. The van der Waals surface area contributed by atoms with E-state index in [1.54, 1.807) is 0 Å². The minimum atomic E-state index is 0.106. The molecule has 1 aromatic heterocycles. The minimum Gasteiger partial charge on any atom is -0.248 e. The lowest BCUT2D eigenvalue weighted by atomic mass is 9.87. The zero-order chi connectivity index (χ0) is 12.3. The number of nitrogens with zero attached hydrogens (tertiary/aromatic N) is 3. The largest absolute Gasteiger partial charge is 0.248 e. The van der Waals surface area contributed by atoms with Gasteiger partial charge in [0.1, 0.15) is 0 Å². The quantitative estimate of drug-likeness (QED) is 0.807. The summed E-state index contributed by atoms with van der Waals surface area (Å²) in [5.41, 5.74) is 2.42. The maximum absolute atomic E-state index is 4.27. The van der Waals surface area contributed by atoms with Crippen LogP contribution in [0.2, 0.25) is 0 Å². The molecule has 1 heterocycles. The second kappa shape index (κ2) is 4.70. The Morgan fingerprint density at radius 2 is 1.88 bits per heavy atom. The Morgan fingerprint density at radius 3 is 2.53 bits per heavy atom. The van der Waals surface area contributed by atoms with Gasteiger partial charge in [0.2, 0.25) is 0 Å². The molecule has 17 heavy (non-hydrogen) atoms. The van der Waals surface area contributed by atoms with Crippen molar-refractivity contribution in [1.82, 2.24) is 15.0 Å². The molecule has 0 N–H and O–H groups in total. The Balaban J connectivity index is 2.14. The van der Waals surface area contributed by atoms with Gasteiger partial charge in [-0.15, -0.1) is 5.10 Å². The minimum absolute atomic E-state index is 0.106. The fourth-order valence-corrected chi connectivity index (χ4v) is 1.64. The molecule has 0 aliphatic heterocycles. The van der Waals surface area contributed by atoms with Crippen molar-refractivity contribution in [2.75, 3.05) is 0 Å². The van der Waals surface area contributed by atoms with Crippen molar-refractivity contribution >= 4 is 0 Å². The van der Waals surface area contributed by atoms with Crippen molar-refractivity contribution in [3.05, 3.63) is 47.8 Å². The number of hydrogen-bond donors (Lipinski definition) is 0. The number of hydrogen-bond acceptors (Lipinski definition) is 2. The first kappa shape index (κ1) is 11.8. The van der Waals surface area contributed by atoms with Crippen LogP contribution in [-0.2, 0) is 12.0 Å². The first-order valence-corrected chi connectivity index (χ1v) is 6.06. The average Bonchev–Trinajstić information content (AvgIpc) is 2.80. The van der Waals surface area contributed by atoms with E-state index in [1.165, 1.54) is 5.56 Å². The molecule has 0 unspecified atom stereocenters. The van der Waals surface area contributed by atoms with E-state index in [1.807, 2.05) is 22.9 Å². The summed E-state index contributed by atoms with van der Waals surface area (Å²) in [5, 5.41) is 8.46. The van der Waals surface area contributed by atoms with Gasteiger partial charge in [0, 0.05) is 11.6 Å². The Morgan fingerprint density at radius 1 is 1.18 bits per heavy atom. The summed E-state index contributed by atoms with van der Waals surface area (Å²) in [4.78, 5) is 0. The van der Waals surface area contributed by atoms with Gasteiger partial charge in [0.05, 0.1) is 12.2 Å². The van der Waals surface area contributed by atoms with Gasteiger partial charge in [-0.25, -0.2) is 4.68 Å². The molecule has 0 bridgehead atoms. The Bertz CT molecular complexity index is 471. The lowest BCUT2D eigenvalue weighted by molar-refractivity contribution is 0.489. The Hall–Kier alpha value is -1.64. The van der Waals surface area contributed by atoms with Crippen molar-refractivity contribution in [3.63, 3.8) is 0 Å². The molecule has 3 nitrogen and oxygen atoms in total. The van der Waals surface area contributed by atoms with Gasteiger partial charge in [-0.3, -0.25) is 0 Å². The van der Waals surface area contributed by atoms with E-state index in [4.69, 9.17) is 0 Å². The molecule has 3 heteroatoms. The highest BCUT2D eigenvalue weighted by atomic mass is 15.4. The zero-order valence-corrected chi connectivity index (χ0v) is 10.7. The van der Waals surface area contributed by atoms with Crippen molar-refractivity contribution in [2.45, 2.75) is 39.2 Å². The third kappa shape index (κ3) is 2.73. The van der Waals surface area contributed by atoms with Gasteiger partial charge in [0.25, 0.3) is 0 Å². The van der Waals surface area contributed by atoms with Crippen LogP contribution in [0.5, 0.6) is 0 Å². The summed E-state index contributed by atoms with van der Waals surface area (Å²) in [6.45, 7) is 7.36. The third-order valence-corrected chi connectivity index (χ3v) is 3.30. The van der Waals surface area contributed by atoms with Gasteiger partial charge < -0.3 is 0 Å². The number of benzene rings is 1. The first-order valence-electron chi connectivity index (χ1n) is 6.06. The molecule has 2 aromatic rings. The number of rotatable bonds is 4. The Kier molecular flexibility index (Phi) is 3.27. The summed E-state index contributed by atoms with van der Waals surface area (Å²) in [6, 6.07) is 10.3. The second-order valence-electron chi connectivity index (χ2n) is 5.02. The van der Waals surface area contributed by atoms with Crippen molar-refractivity contribution in [2.24, 2.45) is 0 Å². The smallest absolute Gasteiger partial charge is 0.0883 e. The highest BCUT2D eigenvalue weighted by Gasteiger charge is 2.21. The van der Waals surface area contributed by atoms with Crippen LogP contribution < -0.4 is 0 Å². The molecule has 0 fully saturated rings. The van der Waals surface area contributed by atoms with Crippen LogP contribution in [0.15, 0.2) is 36.5 Å². The van der Waals surface area contributed by atoms with Crippen LogP contribution in [0.25, 0.3) is 0 Å². The molecule has 2 rings (SSSR count). The van der Waals surface area contributed by atoms with Crippen LogP contribution in [-0.4, -0.2) is 15.0 Å². The van der Waals surface area contributed by atoms with Gasteiger partial charge in [-0.05, 0) is 12.0 Å². The molecule has 0 atom stereocenters. The van der Waals surface area contributed by atoms with E-state index in [9.17, 15) is 0 Å².